The van der Waals surface area contributed by atoms with Gasteiger partial charge >= 0.3 is 0 Å². The van der Waals surface area contributed by atoms with Crippen LogP contribution in [0.5, 0.6) is 0 Å². The summed E-state index contributed by atoms with van der Waals surface area (Å²) in [4.78, 5) is 9.37. The van der Waals surface area contributed by atoms with Crippen LogP contribution in [0.3, 0.4) is 0 Å². The third kappa shape index (κ3) is 14.6. The van der Waals surface area contributed by atoms with Crippen molar-refractivity contribution in [2.75, 3.05) is 0 Å². The molecule has 0 aromatic heterocycles. The van der Waals surface area contributed by atoms with Gasteiger partial charge in [0.15, 0.2) is 0 Å². The fraction of sp³-hybridized carbons (Fsp3) is 0.500. The Kier molecular flexibility index (Phi) is 18.0. The number of aliphatic imine (C=N–C) groups is 2. The molecule has 202 valence electrons. The lowest BCUT2D eigenvalue weighted by Gasteiger charge is -2.03. The first-order valence-corrected chi connectivity index (χ1v) is 15.0. The number of para-hydroxylation sites is 2. The van der Waals surface area contributed by atoms with Crippen LogP contribution in [-0.2, 0) is 12.8 Å². The fourth-order valence-corrected chi connectivity index (χ4v) is 4.31. The zero-order valence-corrected chi connectivity index (χ0v) is 24.0. The summed E-state index contributed by atoms with van der Waals surface area (Å²) in [7, 11) is 0. The summed E-state index contributed by atoms with van der Waals surface area (Å²) in [5, 5.41) is 0. The van der Waals surface area contributed by atoms with Crippen LogP contribution in [0.4, 0.5) is 11.4 Å². The Morgan fingerprint density at radius 2 is 0.895 bits per heavy atom. The van der Waals surface area contributed by atoms with E-state index in [4.69, 9.17) is 0 Å². The summed E-state index contributed by atoms with van der Waals surface area (Å²) >= 11 is 0. The number of nitrogens with zero attached hydrogens (tertiary/aromatic N) is 2. The van der Waals surface area contributed by atoms with Crippen molar-refractivity contribution >= 4 is 23.8 Å². The van der Waals surface area contributed by atoms with Crippen molar-refractivity contribution in [1.82, 2.24) is 0 Å². The molecule has 2 aromatic rings. The van der Waals surface area contributed by atoms with Gasteiger partial charge in [-0.05, 0) is 48.9 Å². The maximum Gasteiger partial charge on any atom is 0.0662 e. The van der Waals surface area contributed by atoms with Gasteiger partial charge in [-0.3, -0.25) is 9.98 Å². The van der Waals surface area contributed by atoms with E-state index >= 15 is 0 Å². The Bertz CT molecular complexity index is 984. The highest BCUT2D eigenvalue weighted by Gasteiger charge is 2.00. The lowest BCUT2D eigenvalue weighted by molar-refractivity contribution is 0.641. The van der Waals surface area contributed by atoms with Crippen LogP contribution in [0.25, 0.3) is 0 Å². The third-order valence-corrected chi connectivity index (χ3v) is 6.58. The average molecular weight is 509 g/mol. The molecule has 0 unspecified atom stereocenters. The summed E-state index contributed by atoms with van der Waals surface area (Å²) < 4.78 is 0. The van der Waals surface area contributed by atoms with Crippen molar-refractivity contribution in [2.24, 2.45) is 9.98 Å². The van der Waals surface area contributed by atoms with Gasteiger partial charge in [0.2, 0.25) is 0 Å². The summed E-state index contributed by atoms with van der Waals surface area (Å²) in [5.74, 6) is 13.4. The van der Waals surface area contributed by atoms with E-state index in [0.717, 1.165) is 49.9 Å². The summed E-state index contributed by atoms with van der Waals surface area (Å²) in [6.07, 6.45) is 22.3. The Morgan fingerprint density at radius 1 is 0.500 bits per heavy atom. The minimum atomic E-state index is 0.880. The summed E-state index contributed by atoms with van der Waals surface area (Å²) in [6, 6.07) is 16.7. The molecule has 2 aromatic carbocycles. The molecule has 38 heavy (non-hydrogen) atoms. The predicted octanol–water partition coefficient (Wildman–Crippen LogP) is 10.4. The van der Waals surface area contributed by atoms with Crippen LogP contribution in [0.1, 0.15) is 115 Å². The van der Waals surface area contributed by atoms with E-state index in [0.29, 0.717) is 0 Å². The van der Waals surface area contributed by atoms with E-state index in [1.54, 1.807) is 12.4 Å². The minimum absolute atomic E-state index is 0.880. The van der Waals surface area contributed by atoms with Gasteiger partial charge in [-0.25, -0.2) is 0 Å². The number of unbranched alkanes of at least 4 members (excludes halogenated alkanes) is 10. The molecule has 0 N–H and O–H groups in total. The lowest BCUT2D eigenvalue weighted by atomic mass is 10.1. The maximum absolute atomic E-state index is 4.69. The van der Waals surface area contributed by atoms with Gasteiger partial charge < -0.3 is 0 Å². The van der Waals surface area contributed by atoms with Gasteiger partial charge in [-0.2, -0.15) is 0 Å². The monoisotopic (exact) mass is 508 g/mol. The summed E-state index contributed by atoms with van der Waals surface area (Å²) in [6.45, 7) is 4.51. The largest absolute Gasteiger partial charge is 0.255 e. The summed E-state index contributed by atoms with van der Waals surface area (Å²) in [5.41, 5.74) is 4.47. The van der Waals surface area contributed by atoms with Crippen LogP contribution in [0.15, 0.2) is 58.5 Å². The topological polar surface area (TPSA) is 24.7 Å². The quantitative estimate of drug-likeness (QED) is 0.115. The number of benzene rings is 2. The molecule has 2 nitrogen and oxygen atoms in total. The van der Waals surface area contributed by atoms with Gasteiger partial charge in [0.1, 0.15) is 0 Å². The molecule has 0 saturated carbocycles. The lowest BCUT2D eigenvalue weighted by Crippen LogP contribution is -1.87. The Hall–Kier alpha value is -3.10. The van der Waals surface area contributed by atoms with E-state index < -0.39 is 0 Å². The number of hydrogen-bond acceptors (Lipinski definition) is 2. The smallest absolute Gasteiger partial charge is 0.0662 e. The highest BCUT2D eigenvalue weighted by Crippen LogP contribution is 2.21. The molecule has 0 amide bonds. The molecule has 0 aliphatic heterocycles. The van der Waals surface area contributed by atoms with Gasteiger partial charge in [0.05, 0.1) is 11.4 Å². The molecular weight excluding hydrogens is 460 g/mol. The highest BCUT2D eigenvalue weighted by molar-refractivity contribution is 6.17. The van der Waals surface area contributed by atoms with Crippen molar-refractivity contribution in [3.63, 3.8) is 0 Å². The molecule has 0 fully saturated rings. The zero-order chi connectivity index (χ0) is 26.9. The molecule has 0 spiro atoms. The number of aryl methyl sites for hydroxylation is 2. The second kappa shape index (κ2) is 21.9. The molecule has 0 saturated heterocycles. The van der Waals surface area contributed by atoms with Crippen molar-refractivity contribution in [2.45, 2.75) is 117 Å². The second-order valence-corrected chi connectivity index (χ2v) is 9.85. The average Bonchev–Trinajstić information content (AvgIpc) is 2.95. The Labute approximate surface area is 233 Å². The standard InChI is InChI=1S/C36H48N2/c1-3-5-7-9-11-13-15-17-19-25-33-27-21-23-29-35(33)37-31-32-38-36-30-24-22-28-34(36)26-20-18-16-14-12-10-8-6-4-2/h21-24,27-32H,3-14,19-20,25-26H2,1-2H3. The SMILES string of the molecule is CCCCCCCC#CCCc1ccccc1N=CC=Nc1ccccc1CCC#CCCCCCCC. The van der Waals surface area contributed by atoms with Crippen LogP contribution >= 0.6 is 0 Å². The molecule has 0 heterocycles. The third-order valence-electron chi connectivity index (χ3n) is 6.58. The molecule has 0 bridgehead atoms. The van der Waals surface area contributed by atoms with Gasteiger partial charge in [-0.15, -0.1) is 23.7 Å². The van der Waals surface area contributed by atoms with Crippen molar-refractivity contribution in [3.05, 3.63) is 59.7 Å². The van der Waals surface area contributed by atoms with E-state index in [2.05, 4.69) is 83.9 Å². The molecule has 0 atom stereocenters. The molecule has 2 heteroatoms. The van der Waals surface area contributed by atoms with Gasteiger partial charge in [0, 0.05) is 38.1 Å². The zero-order valence-electron chi connectivity index (χ0n) is 24.0. The van der Waals surface area contributed by atoms with Crippen molar-refractivity contribution < 1.29 is 0 Å². The second-order valence-electron chi connectivity index (χ2n) is 9.85. The van der Waals surface area contributed by atoms with E-state index in [1.165, 1.54) is 75.3 Å². The predicted molar refractivity (Wildman–Crippen MR) is 168 cm³/mol. The molecule has 0 aliphatic carbocycles. The minimum Gasteiger partial charge on any atom is -0.255 e. The molecule has 0 aliphatic rings. The van der Waals surface area contributed by atoms with Crippen LogP contribution in [0, 0.1) is 23.7 Å². The first-order chi connectivity index (χ1) is 18.8. The number of hydrogen-bond donors (Lipinski definition) is 0. The van der Waals surface area contributed by atoms with E-state index in [-0.39, 0.29) is 0 Å². The van der Waals surface area contributed by atoms with Gasteiger partial charge in [-0.1, -0.05) is 102 Å². The maximum atomic E-state index is 4.69. The van der Waals surface area contributed by atoms with Crippen LogP contribution in [0.2, 0.25) is 0 Å². The highest BCUT2D eigenvalue weighted by atomic mass is 14.8. The first kappa shape index (κ1) is 31.1. The first-order valence-electron chi connectivity index (χ1n) is 15.0. The van der Waals surface area contributed by atoms with Crippen LogP contribution in [-0.4, -0.2) is 12.4 Å². The fourth-order valence-electron chi connectivity index (χ4n) is 4.31. The van der Waals surface area contributed by atoms with Crippen molar-refractivity contribution in [1.29, 1.82) is 0 Å². The van der Waals surface area contributed by atoms with Crippen molar-refractivity contribution in [3.8, 4) is 23.7 Å². The van der Waals surface area contributed by atoms with Crippen LogP contribution < -0.4 is 0 Å². The Morgan fingerprint density at radius 3 is 1.34 bits per heavy atom. The Balaban J connectivity index is 1.80. The van der Waals surface area contributed by atoms with E-state index in [9.17, 15) is 0 Å². The van der Waals surface area contributed by atoms with Gasteiger partial charge in [0.25, 0.3) is 0 Å². The van der Waals surface area contributed by atoms with E-state index in [1.807, 2.05) is 12.1 Å². The molecule has 2 rings (SSSR count). The molecular formula is C36H48N2. The molecule has 0 radical (unpaired) electrons. The normalized spacial score (nSPS) is 10.9. The number of rotatable bonds is 17.